The maximum Gasteiger partial charge on any atom is 0.255 e. The Balaban J connectivity index is 1.74. The van der Waals surface area contributed by atoms with E-state index >= 15 is 0 Å². The molecule has 0 radical (unpaired) electrons. The van der Waals surface area contributed by atoms with Gasteiger partial charge in [-0.2, -0.15) is 0 Å². The molecule has 1 aliphatic carbocycles. The highest BCUT2D eigenvalue weighted by Gasteiger charge is 2.21. The second kappa shape index (κ2) is 5.73. The highest BCUT2D eigenvalue weighted by atomic mass is 16.5. The van der Waals surface area contributed by atoms with Gasteiger partial charge >= 0.3 is 0 Å². The largest absolute Gasteiger partial charge is 0.504 e. The lowest BCUT2D eigenvalue weighted by atomic mass is 10.1. The van der Waals surface area contributed by atoms with E-state index in [4.69, 9.17) is 4.74 Å². The number of aromatic hydroxyl groups is 2. The summed E-state index contributed by atoms with van der Waals surface area (Å²) in [6.45, 7) is 1.61. The number of amides is 1. The van der Waals surface area contributed by atoms with Gasteiger partial charge in [0.25, 0.3) is 5.91 Å². The van der Waals surface area contributed by atoms with Gasteiger partial charge in [-0.15, -0.1) is 0 Å². The summed E-state index contributed by atoms with van der Waals surface area (Å²) in [6, 6.07) is 4.29. The first kappa shape index (κ1) is 12.7. The predicted octanol–water partition coefficient (Wildman–Crippen LogP) is 1.25. The Hall–Kier alpha value is -1.75. The van der Waals surface area contributed by atoms with E-state index in [0.717, 1.165) is 6.61 Å². The van der Waals surface area contributed by atoms with Crippen LogP contribution in [0.2, 0.25) is 0 Å². The predicted molar refractivity (Wildman–Crippen MR) is 65.6 cm³/mol. The monoisotopic (exact) mass is 251 g/mol. The van der Waals surface area contributed by atoms with Crippen molar-refractivity contribution >= 4 is 5.91 Å². The van der Waals surface area contributed by atoms with E-state index in [-0.39, 0.29) is 11.3 Å². The molecule has 1 saturated carbocycles. The molecule has 0 saturated heterocycles. The fourth-order valence-corrected chi connectivity index (χ4v) is 1.58. The van der Waals surface area contributed by atoms with Crippen molar-refractivity contribution in [3.63, 3.8) is 0 Å². The van der Waals surface area contributed by atoms with Crippen molar-refractivity contribution in [1.29, 1.82) is 0 Å². The third-order valence-electron chi connectivity index (χ3n) is 2.84. The summed E-state index contributed by atoms with van der Waals surface area (Å²) in [5.74, 6) is -0.407. The minimum atomic E-state index is -0.418. The van der Waals surface area contributed by atoms with Gasteiger partial charge in [-0.25, -0.2) is 0 Å². The van der Waals surface area contributed by atoms with Crippen molar-refractivity contribution in [2.45, 2.75) is 12.8 Å². The van der Waals surface area contributed by atoms with E-state index in [1.165, 1.54) is 31.0 Å². The van der Waals surface area contributed by atoms with Crippen molar-refractivity contribution < 1.29 is 19.7 Å². The normalized spacial score (nSPS) is 14.4. The summed E-state index contributed by atoms with van der Waals surface area (Å²) < 4.78 is 5.37. The van der Waals surface area contributed by atoms with Crippen LogP contribution in [0.3, 0.4) is 0 Å². The molecule has 5 nitrogen and oxygen atoms in total. The van der Waals surface area contributed by atoms with Crippen LogP contribution in [0, 0.1) is 5.92 Å². The van der Waals surface area contributed by atoms with Crippen molar-refractivity contribution in [3.05, 3.63) is 23.8 Å². The topological polar surface area (TPSA) is 78.8 Å². The Morgan fingerprint density at radius 3 is 2.89 bits per heavy atom. The molecule has 0 atom stereocenters. The zero-order valence-corrected chi connectivity index (χ0v) is 10.1. The molecule has 1 aromatic rings. The molecule has 0 unspecified atom stereocenters. The molecule has 0 aromatic heterocycles. The lowest BCUT2D eigenvalue weighted by molar-refractivity contribution is 0.0903. The van der Waals surface area contributed by atoms with Gasteiger partial charge < -0.3 is 20.3 Å². The van der Waals surface area contributed by atoms with Crippen molar-refractivity contribution in [2.24, 2.45) is 5.92 Å². The average molecular weight is 251 g/mol. The molecule has 5 heteroatoms. The van der Waals surface area contributed by atoms with Crippen LogP contribution in [0.15, 0.2) is 18.2 Å². The van der Waals surface area contributed by atoms with E-state index in [1.54, 1.807) is 0 Å². The van der Waals surface area contributed by atoms with Gasteiger partial charge in [0.2, 0.25) is 0 Å². The molecule has 0 heterocycles. The van der Waals surface area contributed by atoms with Gasteiger partial charge in [0.15, 0.2) is 11.5 Å². The van der Waals surface area contributed by atoms with E-state index < -0.39 is 11.7 Å². The Morgan fingerprint density at radius 1 is 1.39 bits per heavy atom. The van der Waals surface area contributed by atoms with E-state index in [1.807, 2.05) is 0 Å². The summed E-state index contributed by atoms with van der Waals surface area (Å²) in [6.07, 6.45) is 2.48. The Bertz CT molecular complexity index is 429. The number of hydrogen-bond acceptors (Lipinski definition) is 4. The van der Waals surface area contributed by atoms with Crippen molar-refractivity contribution in [2.75, 3.05) is 19.8 Å². The number of benzene rings is 1. The fourth-order valence-electron chi connectivity index (χ4n) is 1.58. The lowest BCUT2D eigenvalue weighted by Gasteiger charge is -2.08. The summed E-state index contributed by atoms with van der Waals surface area (Å²) in [7, 11) is 0. The SMILES string of the molecule is O=C(NCCOCC1CC1)c1cccc(O)c1O. The third kappa shape index (κ3) is 3.37. The van der Waals surface area contributed by atoms with Gasteiger partial charge in [-0.05, 0) is 30.9 Å². The molecule has 1 aromatic carbocycles. The molecule has 1 aliphatic rings. The molecular formula is C13H17NO4. The van der Waals surface area contributed by atoms with Gasteiger partial charge in [-0.1, -0.05) is 6.07 Å². The number of phenolic OH excluding ortho intramolecular Hbond substituents is 2. The first-order valence-corrected chi connectivity index (χ1v) is 6.05. The third-order valence-corrected chi connectivity index (χ3v) is 2.84. The fraction of sp³-hybridized carbons (Fsp3) is 0.462. The Labute approximate surface area is 105 Å². The first-order valence-electron chi connectivity index (χ1n) is 6.05. The Kier molecular flexibility index (Phi) is 4.04. The van der Waals surface area contributed by atoms with Crippen LogP contribution in [0.1, 0.15) is 23.2 Å². The highest BCUT2D eigenvalue weighted by Crippen LogP contribution is 2.29. The molecule has 0 aliphatic heterocycles. The second-order valence-electron chi connectivity index (χ2n) is 4.45. The van der Waals surface area contributed by atoms with Crippen LogP contribution >= 0.6 is 0 Å². The summed E-state index contributed by atoms with van der Waals surface area (Å²) >= 11 is 0. The van der Waals surface area contributed by atoms with Gasteiger partial charge in [-0.3, -0.25) is 4.79 Å². The van der Waals surface area contributed by atoms with Crippen LogP contribution in [0.4, 0.5) is 0 Å². The quantitative estimate of drug-likeness (QED) is 0.525. The number of phenols is 2. The number of ether oxygens (including phenoxy) is 1. The molecule has 0 spiro atoms. The number of para-hydroxylation sites is 1. The minimum Gasteiger partial charge on any atom is -0.504 e. The minimum absolute atomic E-state index is 0.0668. The smallest absolute Gasteiger partial charge is 0.255 e. The molecule has 1 fully saturated rings. The summed E-state index contributed by atoms with van der Waals surface area (Å²) in [5, 5.41) is 21.4. The van der Waals surface area contributed by atoms with Gasteiger partial charge in [0, 0.05) is 13.2 Å². The Morgan fingerprint density at radius 2 is 2.17 bits per heavy atom. The molecule has 3 N–H and O–H groups in total. The second-order valence-corrected chi connectivity index (χ2v) is 4.45. The van der Waals surface area contributed by atoms with Crippen LogP contribution in [-0.4, -0.2) is 35.9 Å². The highest BCUT2D eigenvalue weighted by molar-refractivity contribution is 5.97. The number of carbonyl (C=O) groups is 1. The number of carbonyl (C=O) groups excluding carboxylic acids is 1. The first-order chi connectivity index (χ1) is 8.68. The van der Waals surface area contributed by atoms with Crippen LogP contribution in [0.5, 0.6) is 11.5 Å². The summed E-state index contributed by atoms with van der Waals surface area (Å²) in [5.41, 5.74) is 0.0668. The van der Waals surface area contributed by atoms with Crippen molar-refractivity contribution in [1.82, 2.24) is 5.32 Å². The van der Waals surface area contributed by atoms with Crippen molar-refractivity contribution in [3.8, 4) is 11.5 Å². The van der Waals surface area contributed by atoms with Gasteiger partial charge in [0.05, 0.1) is 12.2 Å². The maximum atomic E-state index is 11.7. The summed E-state index contributed by atoms with van der Waals surface area (Å²) in [4.78, 5) is 11.7. The van der Waals surface area contributed by atoms with E-state index in [0.29, 0.717) is 19.1 Å². The van der Waals surface area contributed by atoms with Crippen LogP contribution < -0.4 is 5.32 Å². The lowest BCUT2D eigenvalue weighted by Crippen LogP contribution is -2.27. The molecule has 18 heavy (non-hydrogen) atoms. The molecule has 2 rings (SSSR count). The zero-order chi connectivity index (χ0) is 13.0. The van der Waals surface area contributed by atoms with E-state index in [9.17, 15) is 15.0 Å². The number of hydrogen-bond donors (Lipinski definition) is 3. The molecule has 1 amide bonds. The standard InChI is InChI=1S/C13H17NO4/c15-11-3-1-2-10(12(11)16)13(17)14-6-7-18-8-9-4-5-9/h1-3,9,15-16H,4-8H2,(H,14,17). The zero-order valence-electron chi connectivity index (χ0n) is 10.1. The molecule has 0 bridgehead atoms. The van der Waals surface area contributed by atoms with E-state index in [2.05, 4.69) is 5.32 Å². The van der Waals surface area contributed by atoms with Crippen LogP contribution in [-0.2, 0) is 4.74 Å². The molecular weight excluding hydrogens is 234 g/mol. The number of rotatable bonds is 6. The maximum absolute atomic E-state index is 11.7. The average Bonchev–Trinajstić information content (AvgIpc) is 3.16. The molecule has 98 valence electrons. The number of nitrogens with one attached hydrogen (secondary N) is 1. The van der Waals surface area contributed by atoms with Crippen LogP contribution in [0.25, 0.3) is 0 Å². The van der Waals surface area contributed by atoms with Gasteiger partial charge in [0.1, 0.15) is 0 Å².